The summed E-state index contributed by atoms with van der Waals surface area (Å²) in [6.07, 6.45) is 10.6. The molecule has 0 spiro atoms. The molecular formula is C21H36O5. The second-order valence-electron chi connectivity index (χ2n) is 8.14. The summed E-state index contributed by atoms with van der Waals surface area (Å²) in [5.41, 5.74) is -0.147. The van der Waals surface area contributed by atoms with E-state index < -0.39 is 12.1 Å². The van der Waals surface area contributed by atoms with E-state index in [0.717, 1.165) is 44.9 Å². The molecule has 0 aliphatic heterocycles. The van der Waals surface area contributed by atoms with E-state index in [9.17, 15) is 14.7 Å². The number of aliphatic hydroxyl groups is 1. The average molecular weight is 369 g/mol. The van der Waals surface area contributed by atoms with Gasteiger partial charge in [-0.2, -0.15) is 0 Å². The Bertz CT molecular complexity index is 469. The number of unbranched alkanes of at least 4 members (excludes halogenated alkanes) is 2. The molecule has 0 bridgehead atoms. The molecule has 5 nitrogen and oxygen atoms in total. The minimum absolute atomic E-state index is 0.0247. The largest absolute Gasteiger partial charge is 0.480 e. The highest BCUT2D eigenvalue weighted by Crippen LogP contribution is 2.35. The molecule has 3 atom stereocenters. The van der Waals surface area contributed by atoms with Crippen LogP contribution in [0, 0.1) is 17.3 Å². The molecule has 0 heterocycles. The Kier molecular flexibility index (Phi) is 10.1. The van der Waals surface area contributed by atoms with Gasteiger partial charge < -0.3 is 14.9 Å². The maximum atomic E-state index is 12.2. The van der Waals surface area contributed by atoms with E-state index in [1.165, 1.54) is 0 Å². The third kappa shape index (κ3) is 8.00. The summed E-state index contributed by atoms with van der Waals surface area (Å²) in [7, 11) is 0. The second kappa shape index (κ2) is 11.5. The third-order valence-electron chi connectivity index (χ3n) is 5.45. The minimum Gasteiger partial charge on any atom is -0.480 e. The highest BCUT2D eigenvalue weighted by atomic mass is 16.5. The van der Waals surface area contributed by atoms with Crippen LogP contribution < -0.4 is 0 Å². The first kappa shape index (κ1) is 22.8. The predicted octanol–water partition coefficient (Wildman–Crippen LogP) is 3.99. The number of carboxylic acids is 1. The highest BCUT2D eigenvalue weighted by molar-refractivity contribution is 5.83. The fourth-order valence-electron chi connectivity index (χ4n) is 3.56. The van der Waals surface area contributed by atoms with Crippen LogP contribution in [0.2, 0.25) is 0 Å². The number of ketones is 1. The van der Waals surface area contributed by atoms with Gasteiger partial charge in [-0.25, -0.2) is 4.79 Å². The number of carbonyl (C=O) groups excluding carboxylic acids is 1. The molecule has 0 aromatic rings. The van der Waals surface area contributed by atoms with Crippen molar-refractivity contribution in [2.75, 3.05) is 13.2 Å². The maximum Gasteiger partial charge on any atom is 0.329 e. The van der Waals surface area contributed by atoms with Crippen molar-refractivity contribution in [1.82, 2.24) is 0 Å². The van der Waals surface area contributed by atoms with Gasteiger partial charge in [0.05, 0.1) is 6.10 Å². The van der Waals surface area contributed by atoms with Crippen molar-refractivity contribution in [3.8, 4) is 0 Å². The summed E-state index contributed by atoms with van der Waals surface area (Å²) < 4.78 is 5.03. The summed E-state index contributed by atoms with van der Waals surface area (Å²) in [4.78, 5) is 22.6. The zero-order valence-electron chi connectivity index (χ0n) is 16.6. The number of aliphatic hydroxyl groups excluding tert-OH is 1. The number of Topliss-reactive ketones (excluding diaryl/α,β-unsaturated/α-hetero) is 1. The van der Waals surface area contributed by atoms with Crippen LogP contribution >= 0.6 is 0 Å². The first-order chi connectivity index (χ1) is 12.3. The normalized spacial score (nSPS) is 22.2. The van der Waals surface area contributed by atoms with Crippen LogP contribution in [0.5, 0.6) is 0 Å². The molecule has 0 radical (unpaired) electrons. The summed E-state index contributed by atoms with van der Waals surface area (Å²) >= 11 is 0. The van der Waals surface area contributed by atoms with Crippen LogP contribution in [0.15, 0.2) is 12.2 Å². The zero-order chi connectivity index (χ0) is 19.6. The number of ether oxygens (including phenoxy) is 1. The van der Waals surface area contributed by atoms with Crippen molar-refractivity contribution in [2.24, 2.45) is 17.3 Å². The first-order valence-corrected chi connectivity index (χ1v) is 9.96. The third-order valence-corrected chi connectivity index (χ3v) is 5.45. The molecule has 150 valence electrons. The van der Waals surface area contributed by atoms with Crippen LogP contribution in [0.4, 0.5) is 0 Å². The Hall–Kier alpha value is -1.20. The summed E-state index contributed by atoms with van der Waals surface area (Å²) in [6.45, 7) is 6.48. The molecule has 1 saturated carbocycles. The summed E-state index contributed by atoms with van der Waals surface area (Å²) in [5, 5.41) is 19.0. The second-order valence-corrected chi connectivity index (χ2v) is 8.14. The van der Waals surface area contributed by atoms with E-state index in [4.69, 9.17) is 9.84 Å². The number of rotatable bonds is 13. The fraction of sp³-hybridized carbons (Fsp3) is 0.810. The van der Waals surface area contributed by atoms with Gasteiger partial charge in [0.25, 0.3) is 0 Å². The van der Waals surface area contributed by atoms with Crippen molar-refractivity contribution < 1.29 is 24.5 Å². The lowest BCUT2D eigenvalue weighted by Gasteiger charge is -2.29. The minimum atomic E-state index is -0.957. The van der Waals surface area contributed by atoms with Crippen LogP contribution in [-0.4, -0.2) is 41.3 Å². The average Bonchev–Trinajstić information content (AvgIpc) is 2.93. The fourth-order valence-corrected chi connectivity index (χ4v) is 3.56. The van der Waals surface area contributed by atoms with Crippen LogP contribution in [-0.2, 0) is 14.3 Å². The number of carboxylic acid groups (broad SMARTS) is 1. The lowest BCUT2D eigenvalue weighted by molar-refractivity contribution is -0.142. The predicted molar refractivity (Wildman–Crippen MR) is 102 cm³/mol. The standard InChI is InChI=1S/C21H36O5/c1-4-5-13-21(2,3)19(23)12-10-16-9-11-18(22)17(16)8-6-7-14-26-15-20(24)25/h10,12,16-17,19,23H,4-9,11,13-15H2,1-3H3,(H,24,25)/b12-10+/t16?,17-,19-/m1/s1. The van der Waals surface area contributed by atoms with E-state index in [2.05, 4.69) is 26.8 Å². The first-order valence-electron chi connectivity index (χ1n) is 9.96. The highest BCUT2D eigenvalue weighted by Gasteiger charge is 2.33. The zero-order valence-corrected chi connectivity index (χ0v) is 16.6. The number of allylic oxidation sites excluding steroid dienone is 1. The van der Waals surface area contributed by atoms with Gasteiger partial charge in [-0.15, -0.1) is 0 Å². The summed E-state index contributed by atoms with van der Waals surface area (Å²) in [5.74, 6) is -0.414. The number of hydrogen-bond donors (Lipinski definition) is 2. The number of aliphatic carboxylic acids is 1. The molecule has 26 heavy (non-hydrogen) atoms. The van der Waals surface area contributed by atoms with Crippen molar-refractivity contribution in [1.29, 1.82) is 0 Å². The van der Waals surface area contributed by atoms with Gasteiger partial charge in [-0.3, -0.25) is 4.79 Å². The van der Waals surface area contributed by atoms with E-state index in [1.54, 1.807) is 0 Å². The Balaban J connectivity index is 2.44. The van der Waals surface area contributed by atoms with Crippen molar-refractivity contribution >= 4 is 11.8 Å². The molecule has 0 amide bonds. The van der Waals surface area contributed by atoms with Crippen LogP contribution in [0.25, 0.3) is 0 Å². The van der Waals surface area contributed by atoms with E-state index in [0.29, 0.717) is 18.8 Å². The van der Waals surface area contributed by atoms with E-state index in [-0.39, 0.29) is 23.9 Å². The van der Waals surface area contributed by atoms with Gasteiger partial charge in [0.1, 0.15) is 12.4 Å². The SMILES string of the molecule is CCCCC(C)(C)[C@H](O)/C=C/C1CCC(=O)[C@@H]1CCCCOCC(=O)O. The quantitative estimate of drug-likeness (QED) is 0.379. The Labute approximate surface area is 157 Å². The Morgan fingerprint density at radius 1 is 1.35 bits per heavy atom. The molecule has 0 saturated heterocycles. The van der Waals surface area contributed by atoms with Crippen molar-refractivity contribution in [3.63, 3.8) is 0 Å². The van der Waals surface area contributed by atoms with Gasteiger partial charge >= 0.3 is 5.97 Å². The smallest absolute Gasteiger partial charge is 0.329 e. The molecule has 1 aliphatic carbocycles. The van der Waals surface area contributed by atoms with Gasteiger partial charge in [0, 0.05) is 18.9 Å². The van der Waals surface area contributed by atoms with Gasteiger partial charge in [0.15, 0.2) is 0 Å². The molecule has 1 aliphatic rings. The molecule has 2 N–H and O–H groups in total. The molecule has 1 fully saturated rings. The lowest BCUT2D eigenvalue weighted by atomic mass is 9.80. The van der Waals surface area contributed by atoms with Crippen molar-refractivity contribution in [3.05, 3.63) is 12.2 Å². The van der Waals surface area contributed by atoms with Gasteiger partial charge in [-0.05, 0) is 37.0 Å². The number of carbonyl (C=O) groups is 2. The molecule has 5 heteroatoms. The monoisotopic (exact) mass is 368 g/mol. The summed E-state index contributed by atoms with van der Waals surface area (Å²) in [6, 6.07) is 0. The van der Waals surface area contributed by atoms with E-state index in [1.807, 2.05) is 6.08 Å². The van der Waals surface area contributed by atoms with Crippen LogP contribution in [0.3, 0.4) is 0 Å². The lowest BCUT2D eigenvalue weighted by Crippen LogP contribution is -2.27. The maximum absolute atomic E-state index is 12.2. The van der Waals surface area contributed by atoms with E-state index >= 15 is 0 Å². The Morgan fingerprint density at radius 3 is 2.73 bits per heavy atom. The van der Waals surface area contributed by atoms with Gasteiger partial charge in [0.2, 0.25) is 0 Å². The van der Waals surface area contributed by atoms with Crippen LogP contribution in [0.1, 0.15) is 72.1 Å². The molecule has 1 unspecified atom stereocenters. The molecule has 0 aromatic heterocycles. The number of hydrogen-bond acceptors (Lipinski definition) is 4. The topological polar surface area (TPSA) is 83.8 Å². The molecule has 1 rings (SSSR count). The van der Waals surface area contributed by atoms with Gasteiger partial charge in [-0.1, -0.05) is 52.2 Å². The molecule has 0 aromatic carbocycles. The Morgan fingerprint density at radius 2 is 2.08 bits per heavy atom. The van der Waals surface area contributed by atoms with Crippen molar-refractivity contribution in [2.45, 2.75) is 78.2 Å². The molecular weight excluding hydrogens is 332 g/mol.